The molecular weight excluding hydrogens is 409 g/mol. The molecule has 2 amide bonds. The summed E-state index contributed by atoms with van der Waals surface area (Å²) in [4.78, 5) is 27.9. The fourth-order valence-corrected chi connectivity index (χ4v) is 4.23. The number of hydrogen-bond donors (Lipinski definition) is 2. The SMILES string of the molecule is CC1CCN(c2ccc(NC(=O)c3ccc(F)cc3)cc2C(=O)NCC2CCCO2)CC1. The molecule has 170 valence electrons. The van der Waals surface area contributed by atoms with Gasteiger partial charge in [-0.05, 0) is 74.1 Å². The lowest BCUT2D eigenvalue weighted by molar-refractivity contribution is 0.0858. The van der Waals surface area contributed by atoms with Crippen molar-refractivity contribution in [3.05, 3.63) is 59.4 Å². The van der Waals surface area contributed by atoms with Crippen molar-refractivity contribution in [2.24, 2.45) is 5.92 Å². The largest absolute Gasteiger partial charge is 0.376 e. The Morgan fingerprint density at radius 2 is 1.81 bits per heavy atom. The number of amides is 2. The van der Waals surface area contributed by atoms with E-state index in [4.69, 9.17) is 4.74 Å². The van der Waals surface area contributed by atoms with Gasteiger partial charge in [0, 0.05) is 43.2 Å². The van der Waals surface area contributed by atoms with Crippen LogP contribution in [0.25, 0.3) is 0 Å². The minimum Gasteiger partial charge on any atom is -0.376 e. The highest BCUT2D eigenvalue weighted by Gasteiger charge is 2.23. The van der Waals surface area contributed by atoms with Crippen LogP contribution < -0.4 is 15.5 Å². The van der Waals surface area contributed by atoms with E-state index in [1.165, 1.54) is 24.3 Å². The van der Waals surface area contributed by atoms with E-state index in [9.17, 15) is 14.0 Å². The summed E-state index contributed by atoms with van der Waals surface area (Å²) in [6.45, 7) is 5.26. The average Bonchev–Trinajstić information content (AvgIpc) is 3.32. The molecule has 7 heteroatoms. The maximum atomic E-state index is 13.2. The standard InChI is InChI=1S/C25H30FN3O3/c1-17-10-12-29(13-11-17)23-9-8-20(28-24(30)18-4-6-19(26)7-5-18)15-22(23)25(31)27-16-21-3-2-14-32-21/h4-9,15,17,21H,2-3,10-14,16H2,1H3,(H,27,31)(H,28,30). The lowest BCUT2D eigenvalue weighted by atomic mass is 9.97. The number of hydrogen-bond acceptors (Lipinski definition) is 4. The van der Waals surface area contributed by atoms with Crippen molar-refractivity contribution < 1.29 is 18.7 Å². The van der Waals surface area contributed by atoms with Gasteiger partial charge in [0.05, 0.1) is 11.7 Å². The minimum atomic E-state index is -0.396. The van der Waals surface area contributed by atoms with E-state index >= 15 is 0 Å². The molecule has 0 saturated carbocycles. The molecule has 2 N–H and O–H groups in total. The van der Waals surface area contributed by atoms with Crippen LogP contribution in [0.1, 0.15) is 53.3 Å². The molecule has 2 aliphatic heterocycles. The Labute approximate surface area is 188 Å². The summed E-state index contributed by atoms with van der Waals surface area (Å²) in [6.07, 6.45) is 4.19. The minimum absolute atomic E-state index is 0.0552. The van der Waals surface area contributed by atoms with Crippen molar-refractivity contribution in [3.8, 4) is 0 Å². The quantitative estimate of drug-likeness (QED) is 0.707. The number of piperidine rings is 1. The number of carbonyl (C=O) groups is 2. The molecule has 0 bridgehead atoms. The van der Waals surface area contributed by atoms with Gasteiger partial charge in [0.15, 0.2) is 0 Å². The first-order valence-electron chi connectivity index (χ1n) is 11.4. The Morgan fingerprint density at radius 1 is 1.06 bits per heavy atom. The van der Waals surface area contributed by atoms with Crippen LogP contribution in [0.15, 0.2) is 42.5 Å². The molecule has 4 rings (SSSR count). The third-order valence-electron chi connectivity index (χ3n) is 6.24. The van der Waals surface area contributed by atoms with Crippen molar-refractivity contribution in [1.29, 1.82) is 0 Å². The summed E-state index contributed by atoms with van der Waals surface area (Å²) in [7, 11) is 0. The van der Waals surface area contributed by atoms with Gasteiger partial charge in [-0.1, -0.05) is 6.92 Å². The second-order valence-electron chi connectivity index (χ2n) is 8.71. The summed E-state index contributed by atoms with van der Waals surface area (Å²) < 4.78 is 18.8. The molecule has 2 saturated heterocycles. The molecule has 0 aliphatic carbocycles. The van der Waals surface area contributed by atoms with Crippen molar-refractivity contribution in [1.82, 2.24) is 5.32 Å². The number of nitrogens with one attached hydrogen (secondary N) is 2. The Morgan fingerprint density at radius 3 is 2.50 bits per heavy atom. The Kier molecular flexibility index (Phi) is 7.05. The van der Waals surface area contributed by atoms with Gasteiger partial charge in [-0.25, -0.2) is 4.39 Å². The van der Waals surface area contributed by atoms with Crippen molar-refractivity contribution in [2.75, 3.05) is 36.5 Å². The highest BCUT2D eigenvalue weighted by atomic mass is 19.1. The van der Waals surface area contributed by atoms with Gasteiger partial charge < -0.3 is 20.3 Å². The van der Waals surface area contributed by atoms with Crippen molar-refractivity contribution >= 4 is 23.2 Å². The van der Waals surface area contributed by atoms with Crippen LogP contribution in [0.4, 0.5) is 15.8 Å². The van der Waals surface area contributed by atoms with E-state index in [1.54, 1.807) is 6.07 Å². The molecule has 2 heterocycles. The zero-order valence-electron chi connectivity index (χ0n) is 18.4. The number of benzene rings is 2. The smallest absolute Gasteiger partial charge is 0.255 e. The third-order valence-corrected chi connectivity index (χ3v) is 6.24. The Bertz CT molecular complexity index is 949. The maximum Gasteiger partial charge on any atom is 0.255 e. The summed E-state index contributed by atoms with van der Waals surface area (Å²) in [5.74, 6) is -0.244. The summed E-state index contributed by atoms with van der Waals surface area (Å²) in [5.41, 5.74) is 2.29. The highest BCUT2D eigenvalue weighted by molar-refractivity contribution is 6.06. The molecule has 2 fully saturated rings. The Balaban J connectivity index is 1.53. The van der Waals surface area contributed by atoms with Gasteiger partial charge in [-0.15, -0.1) is 0 Å². The first kappa shape index (κ1) is 22.3. The number of carbonyl (C=O) groups excluding carboxylic acids is 2. The van der Waals surface area contributed by atoms with E-state index in [0.717, 1.165) is 51.1 Å². The van der Waals surface area contributed by atoms with Crippen LogP contribution in [-0.4, -0.2) is 44.2 Å². The molecule has 6 nitrogen and oxygen atoms in total. The molecule has 2 aromatic carbocycles. The van der Waals surface area contributed by atoms with Crippen LogP contribution in [-0.2, 0) is 4.74 Å². The van der Waals surface area contributed by atoms with E-state index in [1.807, 2.05) is 12.1 Å². The second-order valence-corrected chi connectivity index (χ2v) is 8.71. The first-order valence-corrected chi connectivity index (χ1v) is 11.4. The van der Waals surface area contributed by atoms with Gasteiger partial charge in [0.1, 0.15) is 5.82 Å². The number of nitrogens with zero attached hydrogens (tertiary/aromatic N) is 1. The van der Waals surface area contributed by atoms with E-state index in [2.05, 4.69) is 22.5 Å². The molecule has 1 unspecified atom stereocenters. The van der Waals surface area contributed by atoms with Gasteiger partial charge in [-0.2, -0.15) is 0 Å². The van der Waals surface area contributed by atoms with Gasteiger partial charge >= 0.3 is 0 Å². The predicted molar refractivity (Wildman–Crippen MR) is 123 cm³/mol. The molecule has 32 heavy (non-hydrogen) atoms. The van der Waals surface area contributed by atoms with Gasteiger partial charge in [0.25, 0.3) is 11.8 Å². The first-order chi connectivity index (χ1) is 15.5. The third kappa shape index (κ3) is 5.46. The lowest BCUT2D eigenvalue weighted by Crippen LogP contribution is -2.36. The normalized spacial score (nSPS) is 19.1. The molecule has 1 atom stereocenters. The molecule has 2 aromatic rings. The Hall–Kier alpha value is -2.93. The second kappa shape index (κ2) is 10.1. The van der Waals surface area contributed by atoms with Crippen LogP contribution in [0.2, 0.25) is 0 Å². The average molecular weight is 440 g/mol. The molecular formula is C25H30FN3O3. The summed E-state index contributed by atoms with van der Waals surface area (Å²) in [5, 5.41) is 5.83. The number of ether oxygens (including phenoxy) is 1. The van der Waals surface area contributed by atoms with Crippen molar-refractivity contribution in [3.63, 3.8) is 0 Å². The zero-order valence-corrected chi connectivity index (χ0v) is 18.4. The zero-order chi connectivity index (χ0) is 22.5. The lowest BCUT2D eigenvalue weighted by Gasteiger charge is -2.33. The van der Waals surface area contributed by atoms with Gasteiger partial charge in [0.2, 0.25) is 0 Å². The molecule has 0 radical (unpaired) electrons. The van der Waals surface area contributed by atoms with Crippen LogP contribution >= 0.6 is 0 Å². The maximum absolute atomic E-state index is 13.2. The molecule has 2 aliphatic rings. The van der Waals surface area contributed by atoms with E-state index in [0.29, 0.717) is 29.3 Å². The number of anilines is 2. The van der Waals surface area contributed by atoms with Crippen LogP contribution in [0, 0.1) is 11.7 Å². The van der Waals surface area contributed by atoms with Gasteiger partial charge in [-0.3, -0.25) is 9.59 Å². The van der Waals surface area contributed by atoms with Crippen LogP contribution in [0.3, 0.4) is 0 Å². The summed E-state index contributed by atoms with van der Waals surface area (Å²) >= 11 is 0. The van der Waals surface area contributed by atoms with Crippen LogP contribution in [0.5, 0.6) is 0 Å². The predicted octanol–water partition coefficient (Wildman–Crippen LogP) is 4.22. The number of rotatable bonds is 6. The fraction of sp³-hybridized carbons (Fsp3) is 0.440. The molecule has 0 spiro atoms. The highest BCUT2D eigenvalue weighted by Crippen LogP contribution is 2.29. The number of halogens is 1. The monoisotopic (exact) mass is 439 g/mol. The molecule has 0 aromatic heterocycles. The van der Waals surface area contributed by atoms with E-state index < -0.39 is 5.82 Å². The summed E-state index contributed by atoms with van der Waals surface area (Å²) in [6, 6.07) is 10.8. The fourth-order valence-electron chi connectivity index (χ4n) is 4.23. The topological polar surface area (TPSA) is 70.7 Å². The van der Waals surface area contributed by atoms with E-state index in [-0.39, 0.29) is 17.9 Å². The van der Waals surface area contributed by atoms with Crippen molar-refractivity contribution in [2.45, 2.75) is 38.7 Å².